The van der Waals surface area contributed by atoms with Crippen LogP contribution in [0, 0.1) is 11.2 Å². The fraction of sp³-hybridized carbons (Fsp3) is 0.270. The topological polar surface area (TPSA) is 187 Å². The molecule has 16 heteroatoms. The van der Waals surface area contributed by atoms with E-state index in [2.05, 4.69) is 30.4 Å². The Morgan fingerprint density at radius 3 is 2.36 bits per heavy atom. The zero-order chi connectivity index (χ0) is 38.0. The van der Waals surface area contributed by atoms with E-state index in [1.807, 2.05) is 0 Å². The number of ether oxygens (including phenoxy) is 5. The van der Waals surface area contributed by atoms with Gasteiger partial charge in [0.2, 0.25) is 6.79 Å². The number of rotatable bonds is 16. The second-order valence-corrected chi connectivity index (χ2v) is 12.0. The minimum absolute atomic E-state index is 0.0125. The van der Waals surface area contributed by atoms with Crippen molar-refractivity contribution in [2.45, 2.75) is 26.8 Å². The normalized spacial score (nSPS) is 12.2. The van der Waals surface area contributed by atoms with Crippen LogP contribution in [-0.2, 0) is 14.3 Å². The number of aliphatic imine (C=N–C) groups is 1. The Kier molecular flexibility index (Phi) is 12.3. The minimum atomic E-state index is -1.10. The SMILES string of the molecule is CCOc1cc(OC)cc(C(Nc2ccc(C(N)=NC(=O)c3ccccc3)cc2)c2nc(OCOC(=O)C(C)(C)COC)n(-c3ncccn3)n2)c1F. The predicted molar refractivity (Wildman–Crippen MR) is 192 cm³/mol. The monoisotopic (exact) mass is 726 g/mol. The van der Waals surface area contributed by atoms with E-state index in [0.29, 0.717) is 22.6 Å². The third-order valence-corrected chi connectivity index (χ3v) is 7.65. The summed E-state index contributed by atoms with van der Waals surface area (Å²) < 4.78 is 44.8. The molecule has 0 fully saturated rings. The summed E-state index contributed by atoms with van der Waals surface area (Å²) in [5.74, 6) is -1.37. The maximum absolute atomic E-state index is 16.3. The highest BCUT2D eigenvalue weighted by Gasteiger charge is 2.31. The number of nitrogens with one attached hydrogen (secondary N) is 1. The molecule has 15 nitrogen and oxygen atoms in total. The minimum Gasteiger partial charge on any atom is -0.497 e. The molecule has 0 radical (unpaired) electrons. The standard InChI is InChI=1S/C37H39FN8O7/c1-6-51-28-20-26(50-5)19-27(29(28)38)30(42-25-15-13-23(14-16-25)31(39)43-33(47)24-11-8-7-9-12-24)32-44-36(46(45-32)35-40-17-10-18-41-35)53-22-52-34(48)37(2,3)21-49-4/h7-20,30,42H,6,21-22H2,1-5H3,(H2,39,43,47). The molecule has 0 spiro atoms. The number of nitrogens with two attached hydrogens (primary N) is 1. The summed E-state index contributed by atoms with van der Waals surface area (Å²) >= 11 is 0. The number of carbonyl (C=O) groups excluding carboxylic acids is 2. The summed E-state index contributed by atoms with van der Waals surface area (Å²) in [6.45, 7) is 4.85. The number of methoxy groups -OCH3 is 2. The lowest BCUT2D eigenvalue weighted by atomic mass is 9.95. The number of hydrogen-bond donors (Lipinski definition) is 2. The highest BCUT2D eigenvalue weighted by molar-refractivity contribution is 6.08. The van der Waals surface area contributed by atoms with E-state index in [1.165, 1.54) is 43.4 Å². The molecular weight excluding hydrogens is 687 g/mol. The van der Waals surface area contributed by atoms with E-state index in [9.17, 15) is 9.59 Å². The number of anilines is 1. The van der Waals surface area contributed by atoms with Gasteiger partial charge in [-0.15, -0.1) is 9.78 Å². The van der Waals surface area contributed by atoms with E-state index < -0.39 is 35.9 Å². The van der Waals surface area contributed by atoms with Gasteiger partial charge in [-0.1, -0.05) is 18.2 Å². The van der Waals surface area contributed by atoms with E-state index in [-0.39, 0.29) is 48.1 Å². The van der Waals surface area contributed by atoms with Crippen molar-refractivity contribution in [3.05, 3.63) is 114 Å². The summed E-state index contributed by atoms with van der Waals surface area (Å²) in [6, 6.07) is 18.5. The number of aromatic nitrogens is 5. The molecule has 0 aliphatic rings. The van der Waals surface area contributed by atoms with E-state index in [0.717, 1.165) is 0 Å². The molecule has 0 saturated carbocycles. The molecular formula is C37H39FN8O7. The van der Waals surface area contributed by atoms with Crippen molar-refractivity contribution in [2.24, 2.45) is 16.1 Å². The number of amidine groups is 1. The van der Waals surface area contributed by atoms with E-state index in [1.54, 1.807) is 81.4 Å². The highest BCUT2D eigenvalue weighted by atomic mass is 19.1. The van der Waals surface area contributed by atoms with Crippen LogP contribution >= 0.6 is 0 Å². The molecule has 53 heavy (non-hydrogen) atoms. The van der Waals surface area contributed by atoms with Gasteiger partial charge in [-0.2, -0.15) is 9.98 Å². The third kappa shape index (κ3) is 9.28. The van der Waals surface area contributed by atoms with Crippen molar-refractivity contribution in [2.75, 3.05) is 39.5 Å². The van der Waals surface area contributed by atoms with Crippen LogP contribution in [-0.4, -0.2) is 76.7 Å². The third-order valence-electron chi connectivity index (χ3n) is 7.65. The number of hydrogen-bond acceptors (Lipinski definition) is 12. The second-order valence-electron chi connectivity index (χ2n) is 12.0. The van der Waals surface area contributed by atoms with Gasteiger partial charge in [0.25, 0.3) is 11.9 Å². The Balaban J connectivity index is 1.53. The molecule has 2 aromatic heterocycles. The van der Waals surface area contributed by atoms with Crippen molar-refractivity contribution in [3.8, 4) is 23.5 Å². The lowest BCUT2D eigenvalue weighted by molar-refractivity contribution is -0.163. The molecule has 0 aliphatic carbocycles. The van der Waals surface area contributed by atoms with E-state index >= 15 is 4.39 Å². The van der Waals surface area contributed by atoms with Gasteiger partial charge in [0.15, 0.2) is 17.4 Å². The summed E-state index contributed by atoms with van der Waals surface area (Å²) in [7, 11) is 2.93. The van der Waals surface area contributed by atoms with Crippen LogP contribution in [0.25, 0.3) is 5.95 Å². The molecule has 2 heterocycles. The molecule has 0 bridgehead atoms. The van der Waals surface area contributed by atoms with Gasteiger partial charge in [0, 0.05) is 47.9 Å². The quantitative estimate of drug-likeness (QED) is 0.0606. The first-order chi connectivity index (χ1) is 25.5. The number of benzene rings is 3. The Morgan fingerprint density at radius 2 is 1.70 bits per heavy atom. The molecule has 5 aromatic rings. The average molecular weight is 727 g/mol. The first kappa shape index (κ1) is 37.8. The van der Waals surface area contributed by atoms with Gasteiger partial charge in [-0.25, -0.2) is 14.4 Å². The Bertz CT molecular complexity index is 2040. The molecule has 0 saturated heterocycles. The Morgan fingerprint density at radius 1 is 0.981 bits per heavy atom. The molecule has 1 atom stereocenters. The Hall–Kier alpha value is -6.42. The molecule has 1 unspecified atom stereocenters. The fourth-order valence-electron chi connectivity index (χ4n) is 5.00. The van der Waals surface area contributed by atoms with Crippen molar-refractivity contribution in [1.82, 2.24) is 24.7 Å². The summed E-state index contributed by atoms with van der Waals surface area (Å²) in [4.78, 5) is 42.5. The number of halogens is 1. The van der Waals surface area contributed by atoms with Crippen LogP contribution in [0.1, 0.15) is 54.1 Å². The lowest BCUT2D eigenvalue weighted by Gasteiger charge is -2.21. The first-order valence-corrected chi connectivity index (χ1v) is 16.4. The molecule has 276 valence electrons. The van der Waals surface area contributed by atoms with Gasteiger partial charge < -0.3 is 34.7 Å². The van der Waals surface area contributed by atoms with E-state index in [4.69, 9.17) is 29.4 Å². The molecule has 3 N–H and O–H groups in total. The summed E-state index contributed by atoms with van der Waals surface area (Å²) in [5, 5.41) is 7.89. The average Bonchev–Trinajstić information content (AvgIpc) is 3.59. The number of amides is 1. The van der Waals surface area contributed by atoms with Crippen LogP contribution in [0.5, 0.6) is 17.5 Å². The zero-order valence-corrected chi connectivity index (χ0v) is 29.8. The van der Waals surface area contributed by atoms with Crippen LogP contribution in [0.3, 0.4) is 0 Å². The van der Waals surface area contributed by atoms with Crippen LogP contribution in [0.4, 0.5) is 10.1 Å². The Labute approximate surface area is 305 Å². The van der Waals surface area contributed by atoms with Crippen LogP contribution in [0.2, 0.25) is 0 Å². The molecule has 5 rings (SSSR count). The van der Waals surface area contributed by atoms with Crippen molar-refractivity contribution >= 4 is 23.4 Å². The van der Waals surface area contributed by atoms with Crippen molar-refractivity contribution in [1.29, 1.82) is 0 Å². The number of nitrogens with zero attached hydrogens (tertiary/aromatic N) is 6. The lowest BCUT2D eigenvalue weighted by Crippen LogP contribution is -2.32. The summed E-state index contributed by atoms with van der Waals surface area (Å²) in [5.41, 5.74) is 6.67. The van der Waals surface area contributed by atoms with Crippen molar-refractivity contribution < 1.29 is 37.7 Å². The molecule has 1 amide bonds. The van der Waals surface area contributed by atoms with Gasteiger partial charge in [-0.05, 0) is 69.3 Å². The first-order valence-electron chi connectivity index (χ1n) is 16.4. The molecule has 0 aliphatic heterocycles. The van der Waals surface area contributed by atoms with Gasteiger partial charge in [0.05, 0.1) is 25.7 Å². The van der Waals surface area contributed by atoms with Gasteiger partial charge >= 0.3 is 12.0 Å². The van der Waals surface area contributed by atoms with Gasteiger partial charge in [-0.3, -0.25) is 9.59 Å². The smallest absolute Gasteiger partial charge is 0.325 e. The predicted octanol–water partition coefficient (Wildman–Crippen LogP) is 4.90. The van der Waals surface area contributed by atoms with Crippen LogP contribution in [0.15, 0.2) is 90.2 Å². The van der Waals surface area contributed by atoms with Crippen LogP contribution < -0.4 is 25.3 Å². The van der Waals surface area contributed by atoms with Crippen molar-refractivity contribution in [3.63, 3.8) is 0 Å². The zero-order valence-electron chi connectivity index (χ0n) is 29.8. The highest BCUT2D eigenvalue weighted by Crippen LogP contribution is 2.36. The fourth-order valence-corrected chi connectivity index (χ4v) is 5.00. The number of carbonyl (C=O) groups is 2. The maximum Gasteiger partial charge on any atom is 0.325 e. The summed E-state index contributed by atoms with van der Waals surface area (Å²) in [6.07, 6.45) is 2.99. The van der Waals surface area contributed by atoms with Gasteiger partial charge in [0.1, 0.15) is 17.6 Å². The molecule has 3 aromatic carbocycles. The number of esters is 1. The maximum atomic E-state index is 16.3. The largest absolute Gasteiger partial charge is 0.497 e. The second kappa shape index (κ2) is 17.2.